The monoisotopic (exact) mass is 416 g/mol. The van der Waals surface area contributed by atoms with Crippen molar-refractivity contribution in [2.24, 2.45) is 5.92 Å². The van der Waals surface area contributed by atoms with Gasteiger partial charge in [0.05, 0.1) is 11.4 Å². The van der Waals surface area contributed by atoms with E-state index in [1.165, 1.54) is 0 Å². The number of para-hydroxylation sites is 2. The van der Waals surface area contributed by atoms with Gasteiger partial charge in [0.2, 0.25) is 0 Å². The van der Waals surface area contributed by atoms with Gasteiger partial charge in [-0.2, -0.15) is 0 Å². The summed E-state index contributed by atoms with van der Waals surface area (Å²) in [6, 6.07) is 19.0. The van der Waals surface area contributed by atoms with E-state index in [2.05, 4.69) is 24.0 Å². The molecule has 0 saturated carbocycles. The van der Waals surface area contributed by atoms with Gasteiger partial charge in [-0.1, -0.05) is 50.2 Å². The Morgan fingerprint density at radius 2 is 1.10 bits per heavy atom. The van der Waals surface area contributed by atoms with Gasteiger partial charge in [-0.3, -0.25) is 19.8 Å². The lowest BCUT2D eigenvalue weighted by Crippen LogP contribution is -2.25. The first-order valence-electron chi connectivity index (χ1n) is 10.6. The number of nitrogens with zero attached hydrogens (tertiary/aromatic N) is 2. The molecule has 160 valence electrons. The van der Waals surface area contributed by atoms with Gasteiger partial charge in [0, 0.05) is 28.4 Å². The summed E-state index contributed by atoms with van der Waals surface area (Å²) in [5.41, 5.74) is 4.20. The van der Waals surface area contributed by atoms with Crippen LogP contribution in [0, 0.1) is 19.8 Å². The molecule has 0 radical (unpaired) electrons. The van der Waals surface area contributed by atoms with E-state index in [9.17, 15) is 9.59 Å². The summed E-state index contributed by atoms with van der Waals surface area (Å²) in [6.45, 7) is 8.04. The smallest absolute Gasteiger partial charge is 0.275 e. The second-order valence-electron chi connectivity index (χ2n) is 8.44. The second-order valence-corrected chi connectivity index (χ2v) is 8.44. The first-order chi connectivity index (χ1) is 14.9. The van der Waals surface area contributed by atoms with Gasteiger partial charge in [0.1, 0.15) is 0 Å². The number of aryl methyl sites for hydroxylation is 2. The molecule has 0 aliphatic heterocycles. The van der Waals surface area contributed by atoms with Crippen LogP contribution in [0.4, 0.5) is 0 Å². The largest absolute Gasteiger partial charge is 0.295 e. The fourth-order valence-corrected chi connectivity index (χ4v) is 4.31. The van der Waals surface area contributed by atoms with E-state index >= 15 is 0 Å². The first kappa shape index (κ1) is 20.7. The lowest BCUT2D eigenvalue weighted by molar-refractivity contribution is 0.535. The van der Waals surface area contributed by atoms with Crippen LogP contribution in [0.1, 0.15) is 48.7 Å². The van der Waals surface area contributed by atoms with Gasteiger partial charge in [-0.15, -0.1) is 0 Å². The number of H-pyrrole nitrogens is 2. The Morgan fingerprint density at radius 1 is 0.710 bits per heavy atom. The van der Waals surface area contributed by atoms with E-state index in [-0.39, 0.29) is 17.0 Å². The van der Waals surface area contributed by atoms with Crippen molar-refractivity contribution >= 4 is 0 Å². The van der Waals surface area contributed by atoms with E-state index < -0.39 is 0 Å². The van der Waals surface area contributed by atoms with Crippen molar-refractivity contribution in [1.29, 1.82) is 0 Å². The van der Waals surface area contributed by atoms with Crippen LogP contribution in [0.2, 0.25) is 0 Å². The molecular weight excluding hydrogens is 388 g/mol. The number of hydrogen-bond donors (Lipinski definition) is 2. The molecule has 0 atom stereocenters. The maximum Gasteiger partial charge on any atom is 0.275 e. The molecule has 0 aliphatic rings. The highest BCUT2D eigenvalue weighted by molar-refractivity contribution is 5.40. The SMILES string of the molecule is Cc1[nH]n(-c2ccccc2)c(=O)c1C(CC(C)C)c1c(C)[nH]n(-c2ccccc2)c1=O. The van der Waals surface area contributed by atoms with Crippen molar-refractivity contribution in [3.8, 4) is 11.4 Å². The lowest BCUT2D eigenvalue weighted by Gasteiger charge is -2.17. The van der Waals surface area contributed by atoms with Crippen LogP contribution in [0.25, 0.3) is 11.4 Å². The van der Waals surface area contributed by atoms with E-state index in [1.807, 2.05) is 74.5 Å². The molecule has 2 aromatic heterocycles. The van der Waals surface area contributed by atoms with Gasteiger partial charge in [0.25, 0.3) is 11.1 Å². The molecule has 2 N–H and O–H groups in total. The number of rotatable bonds is 6. The molecule has 2 heterocycles. The highest BCUT2D eigenvalue weighted by Crippen LogP contribution is 2.31. The molecule has 0 fully saturated rings. The molecule has 0 unspecified atom stereocenters. The molecular formula is C25H28N4O2. The third-order valence-corrected chi connectivity index (χ3v) is 5.67. The number of nitrogens with one attached hydrogen (secondary N) is 2. The average Bonchev–Trinajstić information content (AvgIpc) is 3.22. The summed E-state index contributed by atoms with van der Waals surface area (Å²) in [6.07, 6.45) is 0.700. The lowest BCUT2D eigenvalue weighted by atomic mass is 9.85. The Balaban J connectivity index is 1.90. The van der Waals surface area contributed by atoms with Crippen molar-refractivity contribution in [1.82, 2.24) is 19.6 Å². The molecule has 6 nitrogen and oxygen atoms in total. The number of aromatic nitrogens is 4. The molecule has 0 bridgehead atoms. The number of benzene rings is 2. The fraction of sp³-hybridized carbons (Fsp3) is 0.280. The van der Waals surface area contributed by atoms with Crippen LogP contribution in [-0.4, -0.2) is 19.6 Å². The highest BCUT2D eigenvalue weighted by Gasteiger charge is 2.29. The average molecular weight is 417 g/mol. The number of aromatic amines is 2. The minimum absolute atomic E-state index is 0.111. The number of hydrogen-bond acceptors (Lipinski definition) is 2. The van der Waals surface area contributed by atoms with Crippen molar-refractivity contribution in [2.45, 2.75) is 40.0 Å². The van der Waals surface area contributed by atoms with E-state index in [1.54, 1.807) is 9.36 Å². The molecule has 0 spiro atoms. The van der Waals surface area contributed by atoms with Gasteiger partial charge < -0.3 is 0 Å². The summed E-state index contributed by atoms with van der Waals surface area (Å²) < 4.78 is 3.13. The van der Waals surface area contributed by atoms with E-state index in [0.717, 1.165) is 22.8 Å². The van der Waals surface area contributed by atoms with Gasteiger partial charge in [0.15, 0.2) is 0 Å². The van der Waals surface area contributed by atoms with Crippen molar-refractivity contribution in [3.05, 3.63) is 104 Å². The third kappa shape index (κ3) is 3.81. The maximum atomic E-state index is 13.5. The fourth-order valence-electron chi connectivity index (χ4n) is 4.31. The normalized spacial score (nSPS) is 11.5. The van der Waals surface area contributed by atoms with Crippen LogP contribution in [-0.2, 0) is 0 Å². The zero-order valence-corrected chi connectivity index (χ0v) is 18.3. The molecule has 31 heavy (non-hydrogen) atoms. The summed E-state index contributed by atoms with van der Waals surface area (Å²) in [5, 5.41) is 6.43. The summed E-state index contributed by atoms with van der Waals surface area (Å²) in [4.78, 5) is 27.0. The standard InChI is InChI=1S/C25H28N4O2/c1-16(2)15-21(22-17(3)26-28(24(22)30)19-11-7-5-8-12-19)23-18(4)27-29(25(23)31)20-13-9-6-10-14-20/h5-14,16,21,26-27H,15H2,1-4H3. The summed E-state index contributed by atoms with van der Waals surface area (Å²) >= 11 is 0. The zero-order valence-electron chi connectivity index (χ0n) is 18.3. The van der Waals surface area contributed by atoms with Crippen LogP contribution in [0.5, 0.6) is 0 Å². The van der Waals surface area contributed by atoms with Crippen LogP contribution >= 0.6 is 0 Å². The third-order valence-electron chi connectivity index (χ3n) is 5.67. The minimum atomic E-state index is -0.303. The first-order valence-corrected chi connectivity index (χ1v) is 10.6. The predicted molar refractivity (Wildman–Crippen MR) is 124 cm³/mol. The van der Waals surface area contributed by atoms with Crippen molar-refractivity contribution < 1.29 is 0 Å². The second kappa shape index (κ2) is 8.30. The van der Waals surface area contributed by atoms with Gasteiger partial charge in [-0.05, 0) is 50.5 Å². The van der Waals surface area contributed by atoms with Crippen molar-refractivity contribution in [3.63, 3.8) is 0 Å². The Morgan fingerprint density at radius 3 is 1.45 bits per heavy atom. The highest BCUT2D eigenvalue weighted by atomic mass is 16.1. The topological polar surface area (TPSA) is 75.6 Å². The van der Waals surface area contributed by atoms with Crippen LogP contribution in [0.15, 0.2) is 70.3 Å². The predicted octanol–water partition coefficient (Wildman–Crippen LogP) is 4.44. The molecule has 0 amide bonds. The molecule has 6 heteroatoms. The Labute approximate surface area is 181 Å². The zero-order chi connectivity index (χ0) is 22.1. The van der Waals surface area contributed by atoms with Gasteiger partial charge >= 0.3 is 0 Å². The molecule has 2 aromatic carbocycles. The molecule has 0 aliphatic carbocycles. The molecule has 4 rings (SSSR count). The Bertz CT molecular complexity index is 1190. The Kier molecular flexibility index (Phi) is 5.55. The minimum Gasteiger partial charge on any atom is -0.295 e. The Hall–Kier alpha value is -3.54. The van der Waals surface area contributed by atoms with Crippen molar-refractivity contribution in [2.75, 3.05) is 0 Å². The van der Waals surface area contributed by atoms with Crippen LogP contribution < -0.4 is 11.1 Å². The summed E-state index contributed by atoms with van der Waals surface area (Å²) in [5.74, 6) is 0.00479. The van der Waals surface area contributed by atoms with Gasteiger partial charge in [-0.25, -0.2) is 9.36 Å². The molecule has 0 saturated heterocycles. The summed E-state index contributed by atoms with van der Waals surface area (Å²) in [7, 11) is 0. The van der Waals surface area contributed by atoms with E-state index in [4.69, 9.17) is 0 Å². The van der Waals surface area contributed by atoms with E-state index in [0.29, 0.717) is 23.5 Å². The van der Waals surface area contributed by atoms with Crippen LogP contribution in [0.3, 0.4) is 0 Å². The quantitative estimate of drug-likeness (QED) is 0.488. The maximum absolute atomic E-state index is 13.5. The molecule has 4 aromatic rings.